The molecule has 0 amide bonds. The van der Waals surface area contributed by atoms with Gasteiger partial charge in [0.1, 0.15) is 0 Å². The molecule has 0 fully saturated rings. The van der Waals surface area contributed by atoms with E-state index < -0.39 is 7.82 Å². The minimum Gasteiger partial charge on any atom is -0.822 e. The summed E-state index contributed by atoms with van der Waals surface area (Å²) in [6, 6.07) is 0. The molecule has 0 atom stereocenters. The van der Waals surface area contributed by atoms with Crippen molar-refractivity contribution in [3.05, 3.63) is 0 Å². The monoisotopic (exact) mass is 165 g/mol. The first-order chi connectivity index (χ1) is 2.00. The Kier molecular flexibility index (Phi) is 10.6. The Morgan fingerprint density at radius 1 is 1.14 bits per heavy atom. The van der Waals surface area contributed by atoms with E-state index in [1.165, 1.54) is 0 Å². The largest absolute Gasteiger partial charge is 2.00 e. The Morgan fingerprint density at radius 2 is 1.14 bits per heavy atom. The number of phosphoric acid groups is 1. The molecule has 0 bridgehead atoms. The van der Waals surface area contributed by atoms with Crippen LogP contribution >= 0.6 is 7.82 Å². The first-order valence-electron chi connectivity index (χ1n) is 0.730. The Labute approximate surface area is 51.3 Å². The average molecular weight is 165 g/mol. The van der Waals surface area contributed by atoms with Crippen LogP contribution in [0.25, 0.3) is 0 Å². The molecule has 5 nitrogen and oxygen atoms in total. The molecule has 4 N–H and O–H groups in total. The van der Waals surface area contributed by atoms with E-state index in [4.69, 9.17) is 19.2 Å². The van der Waals surface area contributed by atoms with Gasteiger partial charge >= 0.3 is 17.4 Å². The second kappa shape index (κ2) is 4.75. The Morgan fingerprint density at radius 3 is 1.14 bits per heavy atom. The topological polar surface area (TPSA) is 123 Å². The van der Waals surface area contributed by atoms with Crippen LogP contribution in [0.2, 0.25) is 0 Å². The van der Waals surface area contributed by atoms with Crippen LogP contribution in [0.4, 0.5) is 0 Å². The smallest absolute Gasteiger partial charge is 0.822 e. The molecule has 0 aromatic rings. The van der Waals surface area contributed by atoms with Crippen LogP contribution in [0, 0.1) is 0 Å². The van der Waals surface area contributed by atoms with Crippen molar-refractivity contribution < 1.29 is 36.6 Å². The summed E-state index contributed by atoms with van der Waals surface area (Å²) in [5.74, 6) is 0. The van der Waals surface area contributed by atoms with Crippen molar-refractivity contribution in [1.29, 1.82) is 0 Å². The molecule has 7 heavy (non-hydrogen) atoms. The fourth-order valence-electron chi connectivity index (χ4n) is 0. The van der Waals surface area contributed by atoms with E-state index in [0.717, 1.165) is 0 Å². The summed E-state index contributed by atoms with van der Waals surface area (Å²) in [4.78, 5) is 25.6. The van der Waals surface area contributed by atoms with Gasteiger partial charge in [-0.25, -0.2) is 0 Å². The van der Waals surface area contributed by atoms with Gasteiger partial charge in [0.25, 0.3) is 0 Å². The molecule has 0 unspecified atom stereocenters. The number of hydrogen-bond donors (Lipinski definition) is 1. The zero-order valence-electron chi connectivity index (χ0n) is 3.49. The van der Waals surface area contributed by atoms with Crippen LogP contribution < -0.4 is 20.8 Å². The zero-order chi connectivity index (χ0) is 4.50. The Hall–Kier alpha value is 0.602. The average Bonchev–Trinajstić information content (AvgIpc) is 0.722. The zero-order valence-corrected chi connectivity index (χ0v) is 5.66. The van der Waals surface area contributed by atoms with Gasteiger partial charge in [0.15, 0.2) is 0 Å². The standard InChI is InChI=1S/Cr.H3N.H3O4P/c;;1-5(2,3)4/h;1H3;(H3,1,2,3,4)/q+2;;/p-2. The molecule has 0 rings (SSSR count). The minimum absolute atomic E-state index is 0. The third-order valence-corrected chi connectivity index (χ3v) is 0. The van der Waals surface area contributed by atoms with Crippen molar-refractivity contribution in [2.75, 3.05) is 0 Å². The van der Waals surface area contributed by atoms with Gasteiger partial charge in [0, 0.05) is 0 Å². The van der Waals surface area contributed by atoms with E-state index in [9.17, 15) is 0 Å². The van der Waals surface area contributed by atoms with Gasteiger partial charge in [-0.1, -0.05) is 0 Å². The maximum Gasteiger partial charge on any atom is 2.00 e. The molecule has 44 valence electrons. The fourth-order valence-corrected chi connectivity index (χ4v) is 0. The van der Waals surface area contributed by atoms with Crippen molar-refractivity contribution in [3.63, 3.8) is 0 Å². The van der Waals surface area contributed by atoms with Crippen LogP contribution in [0.3, 0.4) is 0 Å². The van der Waals surface area contributed by atoms with Crippen LogP contribution in [-0.4, -0.2) is 0 Å². The summed E-state index contributed by atoms with van der Waals surface area (Å²) in [5.41, 5.74) is 0. The molecule has 0 radical (unpaired) electrons. The molecule has 0 aromatic carbocycles. The van der Waals surface area contributed by atoms with Gasteiger partial charge in [-0.05, 0) is 0 Å². The van der Waals surface area contributed by atoms with Crippen LogP contribution in [0.1, 0.15) is 0 Å². The summed E-state index contributed by atoms with van der Waals surface area (Å²) in [6.07, 6.45) is 0. The maximum atomic E-state index is 8.55. The first-order valence-corrected chi connectivity index (χ1v) is 2.19. The second-order valence-electron chi connectivity index (χ2n) is 0.447. The van der Waals surface area contributed by atoms with Gasteiger partial charge in [-0.15, -0.1) is 0 Å². The van der Waals surface area contributed by atoms with E-state index in [1.807, 2.05) is 0 Å². The number of quaternary nitrogens is 1. The van der Waals surface area contributed by atoms with Crippen molar-refractivity contribution in [2.45, 2.75) is 0 Å². The van der Waals surface area contributed by atoms with E-state index in [0.29, 0.717) is 0 Å². The van der Waals surface area contributed by atoms with Gasteiger partial charge in [0.2, 0.25) is 0 Å². The maximum absolute atomic E-state index is 8.55. The molecule has 7 heteroatoms. The van der Waals surface area contributed by atoms with Gasteiger partial charge in [-0.3, -0.25) is 0 Å². The molecule has 0 heterocycles. The third kappa shape index (κ3) is 385. The normalized spacial score (nSPS) is 8.43. The van der Waals surface area contributed by atoms with Crippen LogP contribution in [0.15, 0.2) is 0 Å². The molecule has 0 aromatic heterocycles. The van der Waals surface area contributed by atoms with Gasteiger partial charge < -0.3 is 25.4 Å². The predicted octanol–water partition coefficient (Wildman–Crippen LogP) is -2.45. The quantitative estimate of drug-likeness (QED) is 0.400. The van der Waals surface area contributed by atoms with Crippen LogP contribution in [0.5, 0.6) is 0 Å². The summed E-state index contributed by atoms with van der Waals surface area (Å²) < 4.78 is 8.55. The van der Waals surface area contributed by atoms with E-state index in [2.05, 4.69) is 0 Å². The van der Waals surface area contributed by atoms with E-state index in [-0.39, 0.29) is 23.5 Å². The van der Waals surface area contributed by atoms with Gasteiger partial charge in [-0.2, -0.15) is 7.82 Å². The Balaban J connectivity index is -0.0000000800. The molecule has 0 saturated heterocycles. The first kappa shape index (κ1) is 15.6. The van der Waals surface area contributed by atoms with Crippen molar-refractivity contribution in [2.24, 2.45) is 0 Å². The minimum atomic E-state index is -5.39. The molecular weight excluding hydrogens is 161 g/mol. The molecule has 0 aliphatic heterocycles. The number of rotatable bonds is 0. The van der Waals surface area contributed by atoms with E-state index in [1.54, 1.807) is 0 Å². The second-order valence-corrected chi connectivity index (χ2v) is 1.34. The van der Waals surface area contributed by atoms with Gasteiger partial charge in [0.05, 0.1) is 0 Å². The molecule has 0 spiro atoms. The Bertz CT molecular complexity index is 57.8. The molecular formula is H4CrNO4P. The molecule has 0 aliphatic carbocycles. The van der Waals surface area contributed by atoms with Crippen molar-refractivity contribution >= 4 is 7.82 Å². The molecule has 0 saturated carbocycles. The third-order valence-electron chi connectivity index (χ3n) is 0. The van der Waals surface area contributed by atoms with Crippen molar-refractivity contribution in [3.8, 4) is 0 Å². The molecule has 0 aliphatic rings. The SMILES string of the molecule is O=P([O-])([O-])[O-].[Cr+2].[NH4+]. The summed E-state index contributed by atoms with van der Waals surface area (Å²) in [7, 11) is -5.39. The predicted molar refractivity (Wildman–Crippen MR) is 13.6 cm³/mol. The van der Waals surface area contributed by atoms with E-state index >= 15 is 0 Å². The van der Waals surface area contributed by atoms with Crippen molar-refractivity contribution in [1.82, 2.24) is 6.15 Å². The number of hydrogen-bond acceptors (Lipinski definition) is 4. The fraction of sp³-hybridized carbons (Fsp3) is 0. The summed E-state index contributed by atoms with van der Waals surface area (Å²) >= 11 is 0. The summed E-state index contributed by atoms with van der Waals surface area (Å²) in [6.45, 7) is 0. The van der Waals surface area contributed by atoms with Crippen LogP contribution in [-0.2, 0) is 21.9 Å². The summed E-state index contributed by atoms with van der Waals surface area (Å²) in [5, 5.41) is 0.